The van der Waals surface area contributed by atoms with Crippen molar-refractivity contribution in [1.29, 1.82) is 0 Å². The topological polar surface area (TPSA) is 45.7 Å². The first-order valence-electron chi connectivity index (χ1n) is 9.07. The van der Waals surface area contributed by atoms with Crippen molar-refractivity contribution in [3.05, 3.63) is 42.1 Å². The Labute approximate surface area is 148 Å². The number of nitrogens with zero attached hydrogens (tertiary/aromatic N) is 3. The maximum atomic E-state index is 13.0. The molecule has 1 spiro atoms. The van der Waals surface area contributed by atoms with Crippen LogP contribution >= 0.6 is 0 Å². The molecular formula is C20H25N3O2. The van der Waals surface area contributed by atoms with Gasteiger partial charge in [-0.15, -0.1) is 0 Å². The first kappa shape index (κ1) is 16.5. The van der Waals surface area contributed by atoms with Crippen LogP contribution in [0.4, 0.5) is 0 Å². The number of piperidine rings is 1. The zero-order chi connectivity index (χ0) is 17.3. The fourth-order valence-electron chi connectivity index (χ4n) is 4.18. The molecule has 0 aliphatic carbocycles. The summed E-state index contributed by atoms with van der Waals surface area (Å²) in [5.41, 5.74) is 1.46. The van der Waals surface area contributed by atoms with Crippen LogP contribution in [0.15, 0.2) is 36.4 Å². The number of pyridine rings is 1. The lowest BCUT2D eigenvalue weighted by Crippen LogP contribution is -2.51. The molecule has 0 radical (unpaired) electrons. The third kappa shape index (κ3) is 3.39. The van der Waals surface area contributed by atoms with Crippen LogP contribution < -0.4 is 0 Å². The van der Waals surface area contributed by atoms with E-state index in [0.29, 0.717) is 5.69 Å². The molecule has 4 rings (SSSR count). The van der Waals surface area contributed by atoms with Gasteiger partial charge < -0.3 is 14.5 Å². The summed E-state index contributed by atoms with van der Waals surface area (Å²) >= 11 is 0. The average molecular weight is 339 g/mol. The molecule has 2 aromatic rings. The second-order valence-corrected chi connectivity index (χ2v) is 7.51. The summed E-state index contributed by atoms with van der Waals surface area (Å²) < 4.78 is 5.85. The van der Waals surface area contributed by atoms with Gasteiger partial charge in [-0.25, -0.2) is 4.98 Å². The van der Waals surface area contributed by atoms with E-state index >= 15 is 0 Å². The number of amides is 1. The maximum Gasteiger partial charge on any atom is 0.272 e. The molecule has 2 saturated heterocycles. The minimum absolute atomic E-state index is 0.0386. The molecule has 132 valence electrons. The molecule has 0 bridgehead atoms. The van der Waals surface area contributed by atoms with Crippen LogP contribution in [-0.4, -0.2) is 67.1 Å². The number of carbonyl (C=O) groups excluding carboxylic acids is 1. The van der Waals surface area contributed by atoms with Crippen molar-refractivity contribution in [2.24, 2.45) is 5.41 Å². The molecule has 1 aromatic heterocycles. The molecule has 2 fully saturated rings. The predicted molar refractivity (Wildman–Crippen MR) is 97.6 cm³/mol. The van der Waals surface area contributed by atoms with Crippen molar-refractivity contribution in [3.63, 3.8) is 0 Å². The van der Waals surface area contributed by atoms with E-state index in [1.807, 2.05) is 41.3 Å². The minimum Gasteiger partial charge on any atom is -0.379 e. The van der Waals surface area contributed by atoms with Crippen LogP contribution in [0, 0.1) is 5.41 Å². The van der Waals surface area contributed by atoms with E-state index in [-0.39, 0.29) is 11.3 Å². The van der Waals surface area contributed by atoms with Gasteiger partial charge in [-0.05, 0) is 32.0 Å². The standard InChI is InChI=1S/C20H25N3O2/c1-22-11-12-25-15-20(13-22)9-4-10-23(14-20)19(24)18-8-7-16-5-2-3-6-17(16)21-18/h2-3,5-8H,4,9-15H2,1H3. The van der Waals surface area contributed by atoms with Crippen molar-refractivity contribution >= 4 is 16.8 Å². The van der Waals surface area contributed by atoms with Crippen LogP contribution in [-0.2, 0) is 4.74 Å². The first-order valence-corrected chi connectivity index (χ1v) is 9.07. The van der Waals surface area contributed by atoms with Crippen LogP contribution in [0.1, 0.15) is 23.3 Å². The van der Waals surface area contributed by atoms with Crippen molar-refractivity contribution in [3.8, 4) is 0 Å². The number of benzene rings is 1. The van der Waals surface area contributed by atoms with Gasteiger partial charge in [-0.2, -0.15) is 0 Å². The highest BCUT2D eigenvalue weighted by Gasteiger charge is 2.39. The van der Waals surface area contributed by atoms with Crippen molar-refractivity contribution in [1.82, 2.24) is 14.8 Å². The zero-order valence-electron chi connectivity index (χ0n) is 14.8. The van der Waals surface area contributed by atoms with Crippen molar-refractivity contribution < 1.29 is 9.53 Å². The second-order valence-electron chi connectivity index (χ2n) is 7.51. The Bertz CT molecular complexity index is 778. The van der Waals surface area contributed by atoms with Crippen molar-refractivity contribution in [2.75, 3.05) is 46.4 Å². The Balaban J connectivity index is 1.56. The Kier molecular flexibility index (Phi) is 4.44. The molecule has 1 amide bonds. The summed E-state index contributed by atoms with van der Waals surface area (Å²) in [4.78, 5) is 21.9. The van der Waals surface area contributed by atoms with E-state index in [9.17, 15) is 4.79 Å². The number of hydrogen-bond acceptors (Lipinski definition) is 4. The molecule has 3 heterocycles. The number of hydrogen-bond donors (Lipinski definition) is 0. The van der Waals surface area contributed by atoms with Gasteiger partial charge >= 0.3 is 0 Å². The maximum absolute atomic E-state index is 13.0. The van der Waals surface area contributed by atoms with Gasteiger partial charge in [-0.3, -0.25) is 4.79 Å². The lowest BCUT2D eigenvalue weighted by atomic mass is 9.80. The third-order valence-electron chi connectivity index (χ3n) is 5.40. The lowest BCUT2D eigenvalue weighted by molar-refractivity contribution is 0.00838. The summed E-state index contributed by atoms with van der Waals surface area (Å²) in [6.07, 6.45) is 2.14. The summed E-state index contributed by atoms with van der Waals surface area (Å²) in [6.45, 7) is 5.03. The molecule has 5 nitrogen and oxygen atoms in total. The van der Waals surface area contributed by atoms with Crippen LogP contribution in [0.5, 0.6) is 0 Å². The largest absolute Gasteiger partial charge is 0.379 e. The number of ether oxygens (including phenoxy) is 1. The molecule has 0 N–H and O–H groups in total. The Hall–Kier alpha value is -1.98. The molecule has 2 aliphatic heterocycles. The summed E-state index contributed by atoms with van der Waals surface area (Å²) in [5.74, 6) is 0.0386. The summed E-state index contributed by atoms with van der Waals surface area (Å²) in [7, 11) is 2.14. The van der Waals surface area contributed by atoms with E-state index in [4.69, 9.17) is 4.74 Å². The van der Waals surface area contributed by atoms with Gasteiger partial charge in [0.05, 0.1) is 18.7 Å². The Morgan fingerprint density at radius 3 is 2.96 bits per heavy atom. The van der Waals surface area contributed by atoms with Crippen LogP contribution in [0.3, 0.4) is 0 Å². The molecule has 1 aromatic carbocycles. The van der Waals surface area contributed by atoms with E-state index in [2.05, 4.69) is 16.9 Å². The predicted octanol–water partition coefficient (Wildman–Crippen LogP) is 2.42. The number of para-hydroxylation sites is 1. The molecule has 5 heteroatoms. The smallest absolute Gasteiger partial charge is 0.272 e. The number of aromatic nitrogens is 1. The number of rotatable bonds is 1. The first-order chi connectivity index (χ1) is 12.2. The number of likely N-dealkylation sites (N-methyl/N-ethyl adjacent to an activating group) is 1. The molecule has 1 atom stereocenters. The monoisotopic (exact) mass is 339 g/mol. The average Bonchev–Trinajstić information content (AvgIpc) is 2.81. The highest BCUT2D eigenvalue weighted by molar-refractivity contribution is 5.95. The van der Waals surface area contributed by atoms with Crippen LogP contribution in [0.2, 0.25) is 0 Å². The van der Waals surface area contributed by atoms with Crippen molar-refractivity contribution in [2.45, 2.75) is 12.8 Å². The zero-order valence-corrected chi connectivity index (χ0v) is 14.8. The highest BCUT2D eigenvalue weighted by atomic mass is 16.5. The summed E-state index contributed by atoms with van der Waals surface area (Å²) in [5, 5.41) is 1.06. The van der Waals surface area contributed by atoms with E-state index in [1.54, 1.807) is 0 Å². The molecule has 0 saturated carbocycles. The Morgan fingerprint density at radius 2 is 2.04 bits per heavy atom. The van der Waals surface area contributed by atoms with Crippen LogP contribution in [0.25, 0.3) is 10.9 Å². The van der Waals surface area contributed by atoms with Gasteiger partial charge in [0.1, 0.15) is 5.69 Å². The highest BCUT2D eigenvalue weighted by Crippen LogP contribution is 2.33. The second kappa shape index (κ2) is 6.73. The fourth-order valence-corrected chi connectivity index (χ4v) is 4.18. The van der Waals surface area contributed by atoms with Gasteiger partial charge in [0.25, 0.3) is 5.91 Å². The van der Waals surface area contributed by atoms with Gasteiger partial charge in [0, 0.05) is 37.0 Å². The molecule has 25 heavy (non-hydrogen) atoms. The SMILES string of the molecule is CN1CCOCC2(CCCN(C(=O)c3ccc4ccccc4n3)C2)C1. The lowest BCUT2D eigenvalue weighted by Gasteiger charge is -2.43. The normalized spacial score (nSPS) is 25.2. The molecule has 2 aliphatic rings. The fraction of sp³-hybridized carbons (Fsp3) is 0.500. The van der Waals surface area contributed by atoms with E-state index < -0.39 is 0 Å². The minimum atomic E-state index is 0.0386. The van der Waals surface area contributed by atoms with Gasteiger partial charge in [0.15, 0.2) is 0 Å². The number of carbonyl (C=O) groups is 1. The number of fused-ring (bicyclic) bond motifs is 1. The quantitative estimate of drug-likeness (QED) is 0.800. The van der Waals surface area contributed by atoms with E-state index in [1.165, 1.54) is 0 Å². The van der Waals surface area contributed by atoms with Gasteiger partial charge in [-0.1, -0.05) is 24.3 Å². The molecular weight excluding hydrogens is 314 g/mol. The Morgan fingerprint density at radius 1 is 1.16 bits per heavy atom. The van der Waals surface area contributed by atoms with E-state index in [0.717, 1.165) is 63.1 Å². The number of likely N-dealkylation sites (tertiary alicyclic amines) is 1. The third-order valence-corrected chi connectivity index (χ3v) is 5.40. The summed E-state index contributed by atoms with van der Waals surface area (Å²) in [6, 6.07) is 11.8. The van der Waals surface area contributed by atoms with Gasteiger partial charge in [0.2, 0.25) is 0 Å². The molecule has 1 unspecified atom stereocenters.